The number of ketones is 1. The van der Waals surface area contributed by atoms with Gasteiger partial charge in [-0.15, -0.1) is 0 Å². The maximum absolute atomic E-state index is 12.1. The lowest BCUT2D eigenvalue weighted by Crippen LogP contribution is -2.29. The summed E-state index contributed by atoms with van der Waals surface area (Å²) in [5.41, 5.74) is -0.211. The summed E-state index contributed by atoms with van der Waals surface area (Å²) in [6, 6.07) is 4.06. The molecule has 0 amide bonds. The minimum Gasteiger partial charge on any atom is -0.465 e. The van der Waals surface area contributed by atoms with Crippen LogP contribution in [0.1, 0.15) is 17.3 Å². The Labute approximate surface area is 108 Å². The number of rotatable bonds is 3. The second-order valence-corrected chi connectivity index (χ2v) is 3.80. The predicted octanol–water partition coefficient (Wildman–Crippen LogP) is 1.67. The molecule has 0 aromatic heterocycles. The van der Waals surface area contributed by atoms with Crippen molar-refractivity contribution in [2.24, 2.45) is 10.9 Å². The monoisotopic (exact) mass is 262 g/mol. The van der Waals surface area contributed by atoms with Crippen molar-refractivity contribution < 1.29 is 19.2 Å². The highest BCUT2D eigenvalue weighted by Gasteiger charge is 2.34. The van der Waals surface area contributed by atoms with E-state index in [9.17, 15) is 19.7 Å². The summed E-state index contributed by atoms with van der Waals surface area (Å²) in [6.45, 7) is 1.78. The first-order valence-electron chi connectivity index (χ1n) is 5.58. The SMILES string of the molecule is CCOC(=O)[C@@H]1C=Nc2c(cccc2[N+](=O)[O-])C1=O. The number of nitro benzene ring substituents is 1. The number of hydrogen-bond acceptors (Lipinski definition) is 6. The number of nitro groups is 1. The molecule has 1 aliphatic rings. The molecule has 0 fully saturated rings. The van der Waals surface area contributed by atoms with Crippen molar-refractivity contribution in [2.45, 2.75) is 6.92 Å². The molecule has 1 aromatic carbocycles. The first-order valence-corrected chi connectivity index (χ1v) is 5.58. The molecular weight excluding hydrogens is 252 g/mol. The van der Waals surface area contributed by atoms with Crippen molar-refractivity contribution in [3.63, 3.8) is 0 Å². The van der Waals surface area contributed by atoms with Crippen LogP contribution in [0, 0.1) is 16.0 Å². The highest BCUT2D eigenvalue weighted by Crippen LogP contribution is 2.35. The molecule has 1 atom stereocenters. The molecular formula is C12H10N2O5. The van der Waals surface area contributed by atoms with Gasteiger partial charge in [-0.1, -0.05) is 6.07 Å². The van der Waals surface area contributed by atoms with Crippen LogP contribution < -0.4 is 0 Å². The molecule has 0 saturated carbocycles. The summed E-state index contributed by atoms with van der Waals surface area (Å²) in [6.07, 6.45) is 1.09. The molecule has 1 aromatic rings. The first kappa shape index (κ1) is 12.9. The van der Waals surface area contributed by atoms with E-state index in [0.717, 1.165) is 6.21 Å². The summed E-state index contributed by atoms with van der Waals surface area (Å²) < 4.78 is 4.76. The Hall–Kier alpha value is -2.57. The molecule has 1 heterocycles. The van der Waals surface area contributed by atoms with Crippen LogP contribution in [-0.4, -0.2) is 29.5 Å². The van der Waals surface area contributed by atoms with E-state index in [1.54, 1.807) is 6.92 Å². The number of ether oxygens (including phenoxy) is 1. The van der Waals surface area contributed by atoms with E-state index in [0.29, 0.717) is 0 Å². The lowest BCUT2D eigenvalue weighted by molar-refractivity contribution is -0.384. The summed E-state index contributed by atoms with van der Waals surface area (Å²) >= 11 is 0. The molecule has 98 valence electrons. The van der Waals surface area contributed by atoms with Gasteiger partial charge in [0.05, 0.1) is 17.1 Å². The van der Waals surface area contributed by atoms with Gasteiger partial charge in [-0.25, -0.2) is 0 Å². The lowest BCUT2D eigenvalue weighted by atomic mass is 9.94. The summed E-state index contributed by atoms with van der Waals surface area (Å²) in [5, 5.41) is 10.8. The Kier molecular flexibility index (Phi) is 3.37. The smallest absolute Gasteiger partial charge is 0.322 e. The van der Waals surface area contributed by atoms with E-state index in [1.807, 2.05) is 0 Å². The number of carbonyl (C=O) groups is 2. The van der Waals surface area contributed by atoms with Gasteiger partial charge in [0.2, 0.25) is 0 Å². The third-order valence-corrected chi connectivity index (χ3v) is 2.65. The number of hydrogen-bond donors (Lipinski definition) is 0. The quantitative estimate of drug-likeness (QED) is 0.357. The standard InChI is InChI=1S/C12H10N2O5/c1-2-19-12(16)8-6-13-10-7(11(8)15)4-3-5-9(10)14(17)18/h3-6,8H,2H2,1H3/t8-/m1/s1. The maximum Gasteiger partial charge on any atom is 0.322 e. The molecule has 2 rings (SSSR count). The van der Waals surface area contributed by atoms with E-state index in [2.05, 4.69) is 4.99 Å². The Bertz CT molecular complexity index is 594. The van der Waals surface area contributed by atoms with E-state index in [4.69, 9.17) is 4.74 Å². The number of esters is 1. The number of Topliss-reactive ketones (excluding diaryl/α,β-unsaturated/α-hetero) is 1. The number of benzene rings is 1. The molecule has 0 unspecified atom stereocenters. The third kappa shape index (κ3) is 2.22. The Balaban J connectivity index is 2.44. The molecule has 0 aliphatic carbocycles. The van der Waals surface area contributed by atoms with Crippen molar-refractivity contribution in [3.8, 4) is 0 Å². The number of carbonyl (C=O) groups excluding carboxylic acids is 2. The fourth-order valence-corrected chi connectivity index (χ4v) is 1.80. The summed E-state index contributed by atoms with van der Waals surface area (Å²) in [4.78, 5) is 37.7. The zero-order valence-electron chi connectivity index (χ0n) is 10.0. The van der Waals surface area contributed by atoms with Crippen molar-refractivity contribution in [3.05, 3.63) is 33.9 Å². The Morgan fingerprint density at radius 3 is 2.89 bits per heavy atom. The van der Waals surface area contributed by atoms with Crippen molar-refractivity contribution in [1.29, 1.82) is 0 Å². The number of aliphatic imine (C=N–C) groups is 1. The zero-order valence-corrected chi connectivity index (χ0v) is 10.0. The third-order valence-electron chi connectivity index (χ3n) is 2.65. The van der Waals surface area contributed by atoms with Crippen LogP contribution >= 0.6 is 0 Å². The topological polar surface area (TPSA) is 98.9 Å². The highest BCUT2D eigenvalue weighted by molar-refractivity contribution is 6.23. The molecule has 1 aliphatic heterocycles. The number of nitrogens with zero attached hydrogens (tertiary/aromatic N) is 2. The Morgan fingerprint density at radius 2 is 2.26 bits per heavy atom. The van der Waals surface area contributed by atoms with Crippen LogP contribution in [0.15, 0.2) is 23.2 Å². The van der Waals surface area contributed by atoms with Gasteiger partial charge >= 0.3 is 5.97 Å². The van der Waals surface area contributed by atoms with Gasteiger partial charge < -0.3 is 4.74 Å². The van der Waals surface area contributed by atoms with Crippen LogP contribution in [-0.2, 0) is 9.53 Å². The lowest BCUT2D eigenvalue weighted by Gasteiger charge is -2.15. The van der Waals surface area contributed by atoms with Gasteiger partial charge in [0.25, 0.3) is 5.69 Å². The molecule has 19 heavy (non-hydrogen) atoms. The highest BCUT2D eigenvalue weighted by atomic mass is 16.6. The largest absolute Gasteiger partial charge is 0.465 e. The van der Waals surface area contributed by atoms with Crippen LogP contribution in [0.3, 0.4) is 0 Å². The van der Waals surface area contributed by atoms with E-state index in [-0.39, 0.29) is 23.5 Å². The average molecular weight is 262 g/mol. The molecule has 0 spiro atoms. The van der Waals surface area contributed by atoms with Gasteiger partial charge in [0.1, 0.15) is 0 Å². The summed E-state index contributed by atoms with van der Waals surface area (Å²) in [7, 11) is 0. The number of para-hydroxylation sites is 1. The van der Waals surface area contributed by atoms with Gasteiger partial charge in [-0.3, -0.25) is 24.7 Å². The van der Waals surface area contributed by atoms with E-state index >= 15 is 0 Å². The molecule has 0 saturated heterocycles. The fraction of sp³-hybridized carbons (Fsp3) is 0.250. The second kappa shape index (κ2) is 4.97. The second-order valence-electron chi connectivity index (χ2n) is 3.80. The van der Waals surface area contributed by atoms with Crippen LogP contribution in [0.25, 0.3) is 0 Å². The van der Waals surface area contributed by atoms with Gasteiger partial charge in [0, 0.05) is 12.3 Å². The van der Waals surface area contributed by atoms with E-state index < -0.39 is 22.6 Å². The zero-order chi connectivity index (χ0) is 14.0. The molecule has 7 nitrogen and oxygen atoms in total. The minimum atomic E-state index is -1.13. The molecule has 7 heteroatoms. The van der Waals surface area contributed by atoms with Crippen molar-refractivity contribution in [1.82, 2.24) is 0 Å². The average Bonchev–Trinajstić information content (AvgIpc) is 2.38. The van der Waals surface area contributed by atoms with Gasteiger partial charge in [-0.05, 0) is 13.0 Å². The van der Waals surface area contributed by atoms with E-state index in [1.165, 1.54) is 18.2 Å². The van der Waals surface area contributed by atoms with Crippen LogP contribution in [0.5, 0.6) is 0 Å². The predicted molar refractivity (Wildman–Crippen MR) is 65.7 cm³/mol. The number of fused-ring (bicyclic) bond motifs is 1. The van der Waals surface area contributed by atoms with Crippen molar-refractivity contribution in [2.75, 3.05) is 6.61 Å². The first-order chi connectivity index (χ1) is 9.06. The van der Waals surface area contributed by atoms with Crippen molar-refractivity contribution >= 4 is 29.3 Å². The normalized spacial score (nSPS) is 16.9. The fourth-order valence-electron chi connectivity index (χ4n) is 1.80. The van der Waals surface area contributed by atoms with Crippen LogP contribution in [0.4, 0.5) is 11.4 Å². The van der Waals surface area contributed by atoms with Gasteiger partial charge in [0.15, 0.2) is 17.4 Å². The maximum atomic E-state index is 12.1. The van der Waals surface area contributed by atoms with Crippen LogP contribution in [0.2, 0.25) is 0 Å². The minimum absolute atomic E-state index is 0.0157. The molecule has 0 radical (unpaired) electrons. The molecule has 0 bridgehead atoms. The summed E-state index contributed by atoms with van der Waals surface area (Å²) in [5.74, 6) is -2.37. The van der Waals surface area contributed by atoms with Gasteiger partial charge in [-0.2, -0.15) is 0 Å². The molecule has 0 N–H and O–H groups in total. The Morgan fingerprint density at radius 1 is 1.53 bits per heavy atom.